The largest absolute Gasteiger partial charge is 0.497 e. The van der Waals surface area contributed by atoms with Crippen LogP contribution in [-0.4, -0.2) is 35.9 Å². The van der Waals surface area contributed by atoms with Gasteiger partial charge in [-0.05, 0) is 48.5 Å². The summed E-state index contributed by atoms with van der Waals surface area (Å²) in [6.07, 6.45) is 0. The Hall–Kier alpha value is -3.98. The fourth-order valence-corrected chi connectivity index (χ4v) is 3.59. The number of hydrogen-bond acceptors (Lipinski definition) is 7. The van der Waals surface area contributed by atoms with Gasteiger partial charge in [0.25, 0.3) is 17.7 Å². The Kier molecular flexibility index (Phi) is 5.03. The first-order chi connectivity index (χ1) is 14.5. The molecule has 1 aliphatic heterocycles. The van der Waals surface area contributed by atoms with Crippen LogP contribution in [0.5, 0.6) is 5.75 Å². The summed E-state index contributed by atoms with van der Waals surface area (Å²) in [6, 6.07) is 15.7. The van der Waals surface area contributed by atoms with Gasteiger partial charge in [0.2, 0.25) is 0 Å². The van der Waals surface area contributed by atoms with Gasteiger partial charge in [0.1, 0.15) is 10.6 Å². The maximum Gasteiger partial charge on any atom is 0.373 e. The zero-order valence-corrected chi connectivity index (χ0v) is 16.4. The highest BCUT2D eigenvalue weighted by Crippen LogP contribution is 2.27. The normalized spacial score (nSPS) is 12.5. The second kappa shape index (κ2) is 7.80. The van der Waals surface area contributed by atoms with E-state index < -0.39 is 17.8 Å². The van der Waals surface area contributed by atoms with Crippen molar-refractivity contribution in [3.63, 3.8) is 0 Å². The highest BCUT2D eigenvalue weighted by atomic mass is 32.1. The number of anilines is 1. The summed E-state index contributed by atoms with van der Waals surface area (Å²) in [5.74, 6) is -2.01. The van der Waals surface area contributed by atoms with Crippen molar-refractivity contribution >= 4 is 40.0 Å². The van der Waals surface area contributed by atoms with Gasteiger partial charge in [0, 0.05) is 5.56 Å². The lowest BCUT2D eigenvalue weighted by atomic mass is 10.1. The molecule has 1 aliphatic rings. The molecule has 8 nitrogen and oxygen atoms in total. The standard InChI is InChI=1S/C21H14N2O6S/c1-28-13-8-6-12(7-9-13)18(24)22-17-11-10-16(30-17)21(27)29-23-19(25)14-4-2-3-5-15(14)20(23)26/h2-11H,1H3,(H,22,24). The molecule has 0 unspecified atom stereocenters. The van der Waals surface area contributed by atoms with Gasteiger partial charge in [0.05, 0.1) is 23.2 Å². The van der Waals surface area contributed by atoms with Crippen LogP contribution in [-0.2, 0) is 4.84 Å². The molecule has 0 spiro atoms. The average molecular weight is 422 g/mol. The maximum absolute atomic E-state index is 12.4. The van der Waals surface area contributed by atoms with E-state index in [1.807, 2.05) is 0 Å². The molecule has 9 heteroatoms. The van der Waals surface area contributed by atoms with Crippen LogP contribution in [0.2, 0.25) is 0 Å². The number of nitrogens with one attached hydrogen (secondary N) is 1. The minimum Gasteiger partial charge on any atom is -0.497 e. The predicted molar refractivity (Wildman–Crippen MR) is 108 cm³/mol. The van der Waals surface area contributed by atoms with E-state index in [0.29, 0.717) is 21.4 Å². The van der Waals surface area contributed by atoms with Crippen LogP contribution < -0.4 is 10.1 Å². The summed E-state index contributed by atoms with van der Waals surface area (Å²) in [5.41, 5.74) is 0.766. The van der Waals surface area contributed by atoms with Gasteiger partial charge >= 0.3 is 5.97 Å². The van der Waals surface area contributed by atoms with Crippen molar-refractivity contribution in [1.82, 2.24) is 5.06 Å². The van der Waals surface area contributed by atoms with Gasteiger partial charge in [-0.25, -0.2) is 4.79 Å². The fraction of sp³-hybridized carbons (Fsp3) is 0.0476. The van der Waals surface area contributed by atoms with Gasteiger partial charge < -0.3 is 14.9 Å². The van der Waals surface area contributed by atoms with Crippen LogP contribution in [0, 0.1) is 0 Å². The molecule has 0 atom stereocenters. The Bertz CT molecular complexity index is 1130. The van der Waals surface area contributed by atoms with E-state index >= 15 is 0 Å². The van der Waals surface area contributed by atoms with Crippen molar-refractivity contribution < 1.29 is 28.8 Å². The molecule has 0 saturated carbocycles. The summed E-state index contributed by atoms with van der Waals surface area (Å²) in [5, 5.41) is 3.53. The summed E-state index contributed by atoms with van der Waals surface area (Å²) in [7, 11) is 1.53. The molecule has 0 bridgehead atoms. The molecule has 1 aromatic heterocycles. The second-order valence-electron chi connectivity index (χ2n) is 6.18. The van der Waals surface area contributed by atoms with E-state index in [2.05, 4.69) is 5.32 Å². The molecule has 4 rings (SSSR count). The maximum atomic E-state index is 12.4. The van der Waals surface area contributed by atoms with Crippen molar-refractivity contribution in [2.75, 3.05) is 12.4 Å². The molecule has 2 aromatic carbocycles. The first-order valence-electron chi connectivity index (χ1n) is 8.73. The molecule has 30 heavy (non-hydrogen) atoms. The molecule has 0 aliphatic carbocycles. The quantitative estimate of drug-likeness (QED) is 0.633. The van der Waals surface area contributed by atoms with Gasteiger partial charge in [0.15, 0.2) is 0 Å². The number of methoxy groups -OCH3 is 1. The summed E-state index contributed by atoms with van der Waals surface area (Å²) >= 11 is 0.961. The van der Waals surface area contributed by atoms with E-state index in [1.165, 1.54) is 31.4 Å². The Labute approximate surface area is 174 Å². The topological polar surface area (TPSA) is 102 Å². The van der Waals surface area contributed by atoms with E-state index in [4.69, 9.17) is 9.57 Å². The van der Waals surface area contributed by atoms with Gasteiger partial charge in [-0.2, -0.15) is 0 Å². The highest BCUT2D eigenvalue weighted by Gasteiger charge is 2.39. The third-order valence-electron chi connectivity index (χ3n) is 4.33. The SMILES string of the molecule is COc1ccc(C(=O)Nc2ccc(C(=O)ON3C(=O)c4ccccc4C3=O)s2)cc1. The molecule has 0 fully saturated rings. The first kappa shape index (κ1) is 19.3. The van der Waals surface area contributed by atoms with Crippen LogP contribution in [0.1, 0.15) is 40.7 Å². The van der Waals surface area contributed by atoms with E-state index in [9.17, 15) is 19.2 Å². The number of rotatable bonds is 5. The van der Waals surface area contributed by atoms with Crippen LogP contribution in [0.15, 0.2) is 60.7 Å². The van der Waals surface area contributed by atoms with Gasteiger partial charge in [-0.15, -0.1) is 11.3 Å². The highest BCUT2D eigenvalue weighted by molar-refractivity contribution is 7.18. The molecule has 0 saturated heterocycles. The number of nitrogens with zero attached hydrogens (tertiary/aromatic N) is 1. The summed E-state index contributed by atoms with van der Waals surface area (Å²) in [6.45, 7) is 0. The van der Waals surface area contributed by atoms with E-state index in [-0.39, 0.29) is 21.9 Å². The number of hydrogen-bond donors (Lipinski definition) is 1. The average Bonchev–Trinajstić information content (AvgIpc) is 3.33. The van der Waals surface area contributed by atoms with Crippen molar-refractivity contribution in [3.8, 4) is 5.75 Å². The van der Waals surface area contributed by atoms with Crippen molar-refractivity contribution in [1.29, 1.82) is 0 Å². The lowest BCUT2D eigenvalue weighted by Crippen LogP contribution is -2.32. The number of thiophene rings is 1. The monoisotopic (exact) mass is 422 g/mol. The Morgan fingerprint density at radius 1 is 0.900 bits per heavy atom. The number of carbonyl (C=O) groups excluding carboxylic acids is 4. The molecule has 0 radical (unpaired) electrons. The molecular weight excluding hydrogens is 408 g/mol. The van der Waals surface area contributed by atoms with Crippen LogP contribution in [0.25, 0.3) is 0 Å². The van der Waals surface area contributed by atoms with Gasteiger partial charge in [-0.3, -0.25) is 14.4 Å². The third kappa shape index (κ3) is 3.53. The Morgan fingerprint density at radius 3 is 2.13 bits per heavy atom. The third-order valence-corrected chi connectivity index (χ3v) is 5.31. The number of imide groups is 1. The lowest BCUT2D eigenvalue weighted by Gasteiger charge is -2.11. The number of carbonyl (C=O) groups is 4. The van der Waals surface area contributed by atoms with E-state index in [1.54, 1.807) is 36.4 Å². The number of benzene rings is 2. The smallest absolute Gasteiger partial charge is 0.373 e. The minimum atomic E-state index is -0.876. The zero-order chi connectivity index (χ0) is 21.3. The van der Waals surface area contributed by atoms with Crippen LogP contribution >= 0.6 is 11.3 Å². The van der Waals surface area contributed by atoms with E-state index in [0.717, 1.165) is 11.3 Å². The van der Waals surface area contributed by atoms with Crippen molar-refractivity contribution in [2.45, 2.75) is 0 Å². The number of fused-ring (bicyclic) bond motifs is 1. The number of amides is 3. The van der Waals surface area contributed by atoms with Crippen molar-refractivity contribution in [3.05, 3.63) is 82.2 Å². The van der Waals surface area contributed by atoms with Crippen molar-refractivity contribution in [2.24, 2.45) is 0 Å². The van der Waals surface area contributed by atoms with Crippen LogP contribution in [0.4, 0.5) is 5.00 Å². The first-order valence-corrected chi connectivity index (χ1v) is 9.55. The molecular formula is C21H14N2O6S. The predicted octanol–water partition coefficient (Wildman–Crippen LogP) is 3.38. The molecule has 2 heterocycles. The molecule has 150 valence electrons. The fourth-order valence-electron chi connectivity index (χ4n) is 2.82. The molecule has 3 amide bonds. The number of ether oxygens (including phenoxy) is 1. The van der Waals surface area contributed by atoms with Crippen LogP contribution in [0.3, 0.4) is 0 Å². The second-order valence-corrected chi connectivity index (χ2v) is 7.26. The lowest BCUT2D eigenvalue weighted by molar-refractivity contribution is -0.0581. The molecule has 1 N–H and O–H groups in total. The minimum absolute atomic E-state index is 0.122. The zero-order valence-electron chi connectivity index (χ0n) is 15.6. The van der Waals surface area contributed by atoms with Gasteiger partial charge in [-0.1, -0.05) is 17.2 Å². The summed E-state index contributed by atoms with van der Waals surface area (Å²) < 4.78 is 5.05. The Balaban J connectivity index is 1.42. The Morgan fingerprint density at radius 2 is 1.53 bits per heavy atom. The summed E-state index contributed by atoms with van der Waals surface area (Å²) in [4.78, 5) is 54.4. The molecule has 3 aromatic rings. The number of hydroxylamine groups is 2.